The molecule has 1 amide bonds. The molecule has 0 spiro atoms. The Morgan fingerprint density at radius 1 is 1.44 bits per heavy atom. The van der Waals surface area contributed by atoms with Crippen molar-refractivity contribution in [1.82, 2.24) is 15.1 Å². The lowest BCUT2D eigenvalue weighted by atomic mass is 9.95. The van der Waals surface area contributed by atoms with E-state index in [9.17, 15) is 9.18 Å². The Labute approximate surface area is 145 Å². The van der Waals surface area contributed by atoms with Crippen LogP contribution < -0.4 is 10.2 Å². The highest BCUT2D eigenvalue weighted by molar-refractivity contribution is 5.93. The first-order valence-electron chi connectivity index (χ1n) is 8.29. The molecule has 3 rings (SSSR count). The third-order valence-electron chi connectivity index (χ3n) is 4.58. The second-order valence-corrected chi connectivity index (χ2v) is 6.29. The van der Waals surface area contributed by atoms with Crippen molar-refractivity contribution in [1.29, 1.82) is 5.26 Å². The van der Waals surface area contributed by atoms with E-state index in [-0.39, 0.29) is 11.5 Å². The fourth-order valence-electron chi connectivity index (χ4n) is 3.14. The largest absolute Gasteiger partial charge is 0.370 e. The third-order valence-corrected chi connectivity index (χ3v) is 4.58. The Balaban J connectivity index is 1.53. The minimum atomic E-state index is -0.481. The van der Waals surface area contributed by atoms with Crippen molar-refractivity contribution >= 4 is 11.6 Å². The van der Waals surface area contributed by atoms with Crippen LogP contribution in [0.2, 0.25) is 0 Å². The molecule has 2 aromatic rings. The summed E-state index contributed by atoms with van der Waals surface area (Å²) in [5.74, 6) is -0.228. The molecule has 6 nitrogen and oxygen atoms in total. The molecule has 1 aromatic carbocycles. The van der Waals surface area contributed by atoms with Gasteiger partial charge in [0, 0.05) is 32.9 Å². The molecule has 1 saturated heterocycles. The number of aryl methyl sites for hydroxylation is 1. The number of amides is 1. The van der Waals surface area contributed by atoms with Gasteiger partial charge in [0.25, 0.3) is 5.91 Å². The number of piperidine rings is 1. The number of halogens is 1. The molecule has 0 saturated carbocycles. The van der Waals surface area contributed by atoms with E-state index in [1.165, 1.54) is 6.07 Å². The maximum absolute atomic E-state index is 13.8. The van der Waals surface area contributed by atoms with E-state index >= 15 is 0 Å². The van der Waals surface area contributed by atoms with E-state index in [1.54, 1.807) is 36.3 Å². The van der Waals surface area contributed by atoms with Crippen molar-refractivity contribution in [2.24, 2.45) is 13.0 Å². The first-order chi connectivity index (χ1) is 12.1. The lowest BCUT2D eigenvalue weighted by Crippen LogP contribution is -2.39. The van der Waals surface area contributed by atoms with Crippen LogP contribution in [0.3, 0.4) is 0 Å². The van der Waals surface area contributed by atoms with Gasteiger partial charge in [-0.1, -0.05) is 6.07 Å². The third kappa shape index (κ3) is 3.79. The highest BCUT2D eigenvalue weighted by atomic mass is 19.1. The monoisotopic (exact) mass is 341 g/mol. The molecule has 1 aliphatic heterocycles. The van der Waals surface area contributed by atoms with Crippen LogP contribution >= 0.6 is 0 Å². The van der Waals surface area contributed by atoms with Gasteiger partial charge in [0.2, 0.25) is 0 Å². The van der Waals surface area contributed by atoms with E-state index in [0.717, 1.165) is 25.9 Å². The predicted octanol–water partition coefficient (Wildman–Crippen LogP) is 2.08. The smallest absolute Gasteiger partial charge is 0.254 e. The fraction of sp³-hybridized carbons (Fsp3) is 0.389. The number of carbonyl (C=O) groups excluding carboxylic acids is 1. The maximum Gasteiger partial charge on any atom is 0.254 e. The zero-order valence-electron chi connectivity index (χ0n) is 14.1. The molecule has 1 aliphatic rings. The predicted molar refractivity (Wildman–Crippen MR) is 91.6 cm³/mol. The van der Waals surface area contributed by atoms with E-state index < -0.39 is 5.82 Å². The quantitative estimate of drug-likeness (QED) is 0.924. The van der Waals surface area contributed by atoms with Gasteiger partial charge in [0.05, 0.1) is 17.4 Å². The lowest BCUT2D eigenvalue weighted by molar-refractivity contribution is 0.0945. The second-order valence-electron chi connectivity index (χ2n) is 6.29. The van der Waals surface area contributed by atoms with Crippen molar-refractivity contribution in [3.05, 3.63) is 47.5 Å². The number of benzene rings is 1. The number of anilines is 1. The maximum atomic E-state index is 13.8. The van der Waals surface area contributed by atoms with Gasteiger partial charge in [-0.3, -0.25) is 9.48 Å². The molecule has 0 radical (unpaired) electrons. The van der Waals surface area contributed by atoms with Gasteiger partial charge in [0.15, 0.2) is 0 Å². The standard InChI is InChI=1S/C18H20FN5O/c1-23-12-14(11-22-23)18(25)21-10-13-5-7-24(8-6-13)17-4-2-3-16(19)15(17)9-20/h2-4,11-13H,5-8,10H2,1H3,(H,21,25). The summed E-state index contributed by atoms with van der Waals surface area (Å²) in [6, 6.07) is 6.67. The molecule has 1 aromatic heterocycles. The summed E-state index contributed by atoms with van der Waals surface area (Å²) in [6.07, 6.45) is 5.00. The van der Waals surface area contributed by atoms with Crippen molar-refractivity contribution in [2.75, 3.05) is 24.5 Å². The van der Waals surface area contributed by atoms with Gasteiger partial charge in [0.1, 0.15) is 17.4 Å². The molecule has 0 aliphatic carbocycles. The van der Waals surface area contributed by atoms with Crippen LogP contribution in [0.1, 0.15) is 28.8 Å². The number of carbonyl (C=O) groups is 1. The van der Waals surface area contributed by atoms with Crippen molar-refractivity contribution < 1.29 is 9.18 Å². The van der Waals surface area contributed by atoms with Crippen LogP contribution in [0.4, 0.5) is 10.1 Å². The zero-order chi connectivity index (χ0) is 17.8. The summed E-state index contributed by atoms with van der Waals surface area (Å²) in [5.41, 5.74) is 1.31. The molecule has 0 atom stereocenters. The summed E-state index contributed by atoms with van der Waals surface area (Å²) >= 11 is 0. The molecule has 7 heteroatoms. The van der Waals surface area contributed by atoms with E-state index in [4.69, 9.17) is 5.26 Å². The highest BCUT2D eigenvalue weighted by Crippen LogP contribution is 2.27. The highest BCUT2D eigenvalue weighted by Gasteiger charge is 2.23. The average Bonchev–Trinajstić information content (AvgIpc) is 3.06. The SMILES string of the molecule is Cn1cc(C(=O)NCC2CCN(c3cccc(F)c3C#N)CC2)cn1. The number of nitriles is 1. The van der Waals surface area contributed by atoms with Gasteiger partial charge in [-0.05, 0) is 30.9 Å². The van der Waals surface area contributed by atoms with Gasteiger partial charge in [-0.25, -0.2) is 4.39 Å². The normalized spacial score (nSPS) is 15.0. The fourth-order valence-corrected chi connectivity index (χ4v) is 3.14. The van der Waals surface area contributed by atoms with Crippen molar-refractivity contribution in [3.63, 3.8) is 0 Å². The molecule has 1 fully saturated rings. The number of hydrogen-bond donors (Lipinski definition) is 1. The summed E-state index contributed by atoms with van der Waals surface area (Å²) < 4.78 is 15.3. The van der Waals surface area contributed by atoms with E-state index in [0.29, 0.717) is 23.7 Å². The Hall–Kier alpha value is -2.88. The molecular weight excluding hydrogens is 321 g/mol. The van der Waals surface area contributed by atoms with E-state index in [2.05, 4.69) is 10.4 Å². The van der Waals surface area contributed by atoms with Crippen LogP contribution in [-0.4, -0.2) is 35.3 Å². The molecular formula is C18H20FN5O. The van der Waals surface area contributed by atoms with Crippen molar-refractivity contribution in [2.45, 2.75) is 12.8 Å². The Morgan fingerprint density at radius 3 is 2.84 bits per heavy atom. The Bertz CT molecular complexity index is 802. The summed E-state index contributed by atoms with van der Waals surface area (Å²) in [7, 11) is 1.77. The number of hydrogen-bond acceptors (Lipinski definition) is 4. The molecule has 25 heavy (non-hydrogen) atoms. The molecule has 0 bridgehead atoms. The van der Waals surface area contributed by atoms with Gasteiger partial charge >= 0.3 is 0 Å². The summed E-state index contributed by atoms with van der Waals surface area (Å²) in [4.78, 5) is 14.1. The number of nitrogens with zero attached hydrogens (tertiary/aromatic N) is 4. The van der Waals surface area contributed by atoms with Gasteiger partial charge < -0.3 is 10.2 Å². The first kappa shape index (κ1) is 17.0. The minimum absolute atomic E-state index is 0.103. The van der Waals surface area contributed by atoms with E-state index in [1.807, 2.05) is 11.0 Å². The minimum Gasteiger partial charge on any atom is -0.370 e. The Morgan fingerprint density at radius 2 is 2.20 bits per heavy atom. The lowest BCUT2D eigenvalue weighted by Gasteiger charge is -2.34. The van der Waals surface area contributed by atoms with Crippen LogP contribution in [0.25, 0.3) is 0 Å². The molecule has 1 N–H and O–H groups in total. The topological polar surface area (TPSA) is 74.0 Å². The van der Waals surface area contributed by atoms with Crippen molar-refractivity contribution in [3.8, 4) is 6.07 Å². The Kier molecular flexibility index (Phi) is 4.98. The van der Waals surface area contributed by atoms with Gasteiger partial charge in [-0.2, -0.15) is 10.4 Å². The van der Waals surface area contributed by atoms with Gasteiger partial charge in [-0.15, -0.1) is 0 Å². The first-order valence-corrected chi connectivity index (χ1v) is 8.29. The summed E-state index contributed by atoms with van der Waals surface area (Å²) in [5, 5.41) is 16.1. The van der Waals surface area contributed by atoms with Crippen LogP contribution in [0.15, 0.2) is 30.6 Å². The molecule has 130 valence electrons. The van der Waals surface area contributed by atoms with Crippen LogP contribution in [0, 0.1) is 23.1 Å². The average molecular weight is 341 g/mol. The molecule has 2 heterocycles. The van der Waals surface area contributed by atoms with Crippen LogP contribution in [0.5, 0.6) is 0 Å². The number of nitrogens with one attached hydrogen (secondary N) is 1. The second kappa shape index (κ2) is 7.34. The summed E-state index contributed by atoms with van der Waals surface area (Å²) in [6.45, 7) is 2.09. The number of rotatable bonds is 4. The zero-order valence-corrected chi connectivity index (χ0v) is 14.1. The van der Waals surface area contributed by atoms with Crippen LogP contribution in [-0.2, 0) is 7.05 Å². The number of aromatic nitrogens is 2. The molecule has 0 unspecified atom stereocenters.